The lowest BCUT2D eigenvalue weighted by molar-refractivity contribution is -0.140. The molecule has 2 amide bonds. The third-order valence-electron chi connectivity index (χ3n) is 8.03. The third kappa shape index (κ3) is 8.42. The number of anilines is 1. The fourth-order valence-electron chi connectivity index (χ4n) is 5.61. The Morgan fingerprint density at radius 1 is 0.783 bits per heavy atom. The quantitative estimate of drug-likeness (QED) is 0.166. The van der Waals surface area contributed by atoms with Crippen LogP contribution in [0.5, 0.6) is 0 Å². The van der Waals surface area contributed by atoms with E-state index in [1.807, 2.05) is 30.3 Å². The maximum absolute atomic E-state index is 14.5. The van der Waals surface area contributed by atoms with Crippen molar-refractivity contribution in [2.45, 2.75) is 55.6 Å². The van der Waals surface area contributed by atoms with E-state index in [-0.39, 0.29) is 29.8 Å². The summed E-state index contributed by atoms with van der Waals surface area (Å²) >= 11 is 18.6. The highest BCUT2D eigenvalue weighted by Gasteiger charge is 2.35. The second kappa shape index (κ2) is 15.4. The minimum absolute atomic E-state index is 0.00503. The van der Waals surface area contributed by atoms with E-state index in [0.29, 0.717) is 26.3 Å². The van der Waals surface area contributed by atoms with E-state index in [9.17, 15) is 18.0 Å². The molecule has 0 radical (unpaired) electrons. The second-order valence-corrected chi connectivity index (χ2v) is 14.4. The zero-order valence-electron chi connectivity index (χ0n) is 25.0. The summed E-state index contributed by atoms with van der Waals surface area (Å²) in [4.78, 5) is 30.0. The summed E-state index contributed by atoms with van der Waals surface area (Å²) in [5.74, 6) is -0.856. The van der Waals surface area contributed by atoms with Crippen molar-refractivity contribution in [1.29, 1.82) is 0 Å². The summed E-state index contributed by atoms with van der Waals surface area (Å²) in [6, 6.07) is 27.7. The first kappa shape index (κ1) is 33.8. The van der Waals surface area contributed by atoms with Crippen LogP contribution in [0.1, 0.15) is 36.8 Å². The normalized spacial score (nSPS) is 14.1. The molecule has 0 heterocycles. The maximum Gasteiger partial charge on any atom is 0.264 e. The highest BCUT2D eigenvalue weighted by molar-refractivity contribution is 7.92. The molecule has 46 heavy (non-hydrogen) atoms. The van der Waals surface area contributed by atoms with Crippen LogP contribution in [0.15, 0.2) is 108 Å². The van der Waals surface area contributed by atoms with Gasteiger partial charge in [0.1, 0.15) is 12.6 Å². The molecule has 4 aromatic carbocycles. The van der Waals surface area contributed by atoms with Crippen LogP contribution in [-0.4, -0.2) is 43.8 Å². The Bertz CT molecular complexity index is 1750. The Kier molecular flexibility index (Phi) is 11.3. The number of rotatable bonds is 12. The van der Waals surface area contributed by atoms with Crippen molar-refractivity contribution in [3.63, 3.8) is 0 Å². The van der Waals surface area contributed by atoms with Gasteiger partial charge in [-0.3, -0.25) is 13.9 Å². The number of amides is 2. The van der Waals surface area contributed by atoms with Gasteiger partial charge in [0.05, 0.1) is 20.6 Å². The minimum atomic E-state index is -4.22. The van der Waals surface area contributed by atoms with Crippen LogP contribution in [0, 0.1) is 0 Å². The number of hydrogen-bond acceptors (Lipinski definition) is 4. The molecule has 4 aromatic rings. The summed E-state index contributed by atoms with van der Waals surface area (Å²) < 4.78 is 29.2. The number of carbonyl (C=O) groups excluding carboxylic acids is 2. The first-order valence-corrected chi connectivity index (χ1v) is 17.6. The molecule has 0 bridgehead atoms. The van der Waals surface area contributed by atoms with Gasteiger partial charge < -0.3 is 10.2 Å². The van der Waals surface area contributed by atoms with Crippen molar-refractivity contribution < 1.29 is 18.0 Å². The molecular formula is C35H34Cl3N3O4S. The molecule has 0 aliphatic heterocycles. The van der Waals surface area contributed by atoms with E-state index < -0.39 is 28.5 Å². The number of para-hydroxylation sites is 1. The molecule has 11 heteroatoms. The van der Waals surface area contributed by atoms with Gasteiger partial charge in [0.2, 0.25) is 11.8 Å². The molecule has 0 saturated heterocycles. The summed E-state index contributed by atoms with van der Waals surface area (Å²) in [7, 11) is -4.22. The van der Waals surface area contributed by atoms with Gasteiger partial charge in [-0.15, -0.1) is 0 Å². The molecule has 1 aliphatic rings. The molecule has 1 saturated carbocycles. The molecule has 5 rings (SSSR count). The van der Waals surface area contributed by atoms with Crippen molar-refractivity contribution in [3.05, 3.63) is 129 Å². The van der Waals surface area contributed by atoms with Crippen molar-refractivity contribution >= 4 is 62.3 Å². The number of nitrogens with zero attached hydrogens (tertiary/aromatic N) is 2. The average Bonchev–Trinajstić information content (AvgIpc) is 3.57. The Hall–Kier alpha value is -3.56. The lowest BCUT2D eigenvalue weighted by Gasteiger charge is -2.34. The number of carbonyl (C=O) groups is 2. The number of hydrogen-bond donors (Lipinski definition) is 1. The fraction of sp³-hybridized carbons (Fsp3) is 0.257. The lowest BCUT2D eigenvalue weighted by atomic mass is 10.0. The SMILES string of the molecule is O=C(NC1CCCC1)C(Cc1ccccc1)N(Cc1ccc(Cl)c(Cl)c1)C(=O)CN(c1ccccc1)S(=O)(=O)c1ccc(Cl)cc1. The Labute approximate surface area is 285 Å². The topological polar surface area (TPSA) is 86.8 Å². The number of nitrogens with one attached hydrogen (secondary N) is 1. The lowest BCUT2D eigenvalue weighted by Crippen LogP contribution is -2.54. The van der Waals surface area contributed by atoms with E-state index in [2.05, 4.69) is 5.32 Å². The molecule has 0 spiro atoms. The highest BCUT2D eigenvalue weighted by atomic mass is 35.5. The monoisotopic (exact) mass is 697 g/mol. The largest absolute Gasteiger partial charge is 0.352 e. The van der Waals surface area contributed by atoms with Gasteiger partial charge in [-0.25, -0.2) is 8.42 Å². The van der Waals surface area contributed by atoms with Gasteiger partial charge in [-0.05, 0) is 72.5 Å². The summed E-state index contributed by atoms with van der Waals surface area (Å²) in [5.41, 5.74) is 1.80. The average molecular weight is 699 g/mol. The molecule has 240 valence electrons. The molecule has 1 fully saturated rings. The smallest absolute Gasteiger partial charge is 0.264 e. The van der Waals surface area contributed by atoms with E-state index >= 15 is 0 Å². The van der Waals surface area contributed by atoms with Crippen molar-refractivity contribution in [2.75, 3.05) is 10.8 Å². The summed E-state index contributed by atoms with van der Waals surface area (Å²) in [6.07, 6.45) is 4.00. The summed E-state index contributed by atoms with van der Waals surface area (Å²) in [5, 5.41) is 4.20. The van der Waals surface area contributed by atoms with E-state index in [0.717, 1.165) is 35.6 Å². The number of halogens is 3. The van der Waals surface area contributed by atoms with Gasteiger partial charge in [0, 0.05) is 24.0 Å². The van der Waals surface area contributed by atoms with Crippen LogP contribution in [0.2, 0.25) is 15.1 Å². The van der Waals surface area contributed by atoms with E-state index in [1.165, 1.54) is 29.2 Å². The number of sulfonamides is 1. The van der Waals surface area contributed by atoms with Crippen molar-refractivity contribution in [3.8, 4) is 0 Å². The van der Waals surface area contributed by atoms with Crippen LogP contribution in [0.3, 0.4) is 0 Å². The zero-order chi connectivity index (χ0) is 32.7. The first-order valence-electron chi connectivity index (χ1n) is 15.0. The molecular weight excluding hydrogens is 665 g/mol. The predicted molar refractivity (Wildman–Crippen MR) is 184 cm³/mol. The predicted octanol–water partition coefficient (Wildman–Crippen LogP) is 7.54. The van der Waals surface area contributed by atoms with Crippen molar-refractivity contribution in [1.82, 2.24) is 10.2 Å². The maximum atomic E-state index is 14.5. The highest BCUT2D eigenvalue weighted by Crippen LogP contribution is 2.28. The Morgan fingerprint density at radius 2 is 1.41 bits per heavy atom. The van der Waals surface area contributed by atoms with Gasteiger partial charge in [-0.1, -0.05) is 102 Å². The third-order valence-corrected chi connectivity index (χ3v) is 10.8. The van der Waals surface area contributed by atoms with Crippen molar-refractivity contribution in [2.24, 2.45) is 0 Å². The van der Waals surface area contributed by atoms with Crippen LogP contribution in [-0.2, 0) is 32.6 Å². The first-order chi connectivity index (χ1) is 22.1. The molecule has 1 unspecified atom stereocenters. The van der Waals surface area contributed by atoms with E-state index in [4.69, 9.17) is 34.8 Å². The molecule has 0 aromatic heterocycles. The minimum Gasteiger partial charge on any atom is -0.352 e. The zero-order valence-corrected chi connectivity index (χ0v) is 28.1. The van der Waals surface area contributed by atoms with Crippen LogP contribution in [0.25, 0.3) is 0 Å². The Morgan fingerprint density at radius 3 is 2.04 bits per heavy atom. The second-order valence-electron chi connectivity index (χ2n) is 11.3. The van der Waals surface area contributed by atoms with Crippen LogP contribution < -0.4 is 9.62 Å². The molecule has 1 atom stereocenters. The van der Waals surface area contributed by atoms with Gasteiger partial charge in [-0.2, -0.15) is 0 Å². The Balaban J connectivity index is 1.56. The van der Waals surface area contributed by atoms with Crippen LogP contribution in [0.4, 0.5) is 5.69 Å². The van der Waals surface area contributed by atoms with Crippen LogP contribution >= 0.6 is 34.8 Å². The molecule has 7 nitrogen and oxygen atoms in total. The van der Waals surface area contributed by atoms with E-state index in [1.54, 1.807) is 48.5 Å². The molecule has 1 aliphatic carbocycles. The van der Waals surface area contributed by atoms with Gasteiger partial charge in [0.15, 0.2) is 0 Å². The van der Waals surface area contributed by atoms with Gasteiger partial charge >= 0.3 is 0 Å². The van der Waals surface area contributed by atoms with Gasteiger partial charge in [0.25, 0.3) is 10.0 Å². The fourth-order valence-corrected chi connectivity index (χ4v) is 7.47. The summed E-state index contributed by atoms with van der Waals surface area (Å²) in [6.45, 7) is -0.562. The number of benzene rings is 4. The standard InChI is InChI=1S/C35H34Cl3N3O4S/c36-27-16-18-30(19-17-27)46(44,45)41(29-13-5-2-6-14-29)24-34(42)40(23-26-15-20-31(37)32(38)21-26)33(22-25-9-3-1-4-10-25)35(43)39-28-11-7-8-12-28/h1-6,9-10,13-21,28,33H,7-8,11-12,22-24H2,(H,39,43). The molecule has 1 N–H and O–H groups in total.